The van der Waals surface area contributed by atoms with E-state index in [1.54, 1.807) is 18.3 Å². The van der Waals surface area contributed by atoms with Crippen molar-refractivity contribution >= 4 is 17.4 Å². The maximum Gasteiger partial charge on any atom is 0.259 e. The molecule has 1 fully saturated rings. The molecule has 23 heavy (non-hydrogen) atoms. The highest BCUT2D eigenvalue weighted by Crippen LogP contribution is 2.17. The lowest BCUT2D eigenvalue weighted by Crippen LogP contribution is -2.43. The molecular formula is C17H19FN4O. The number of carbonyl (C=O) groups excluding carboxylic acids is 1. The minimum Gasteiger partial charge on any atom is -0.368 e. The predicted octanol–water partition coefficient (Wildman–Crippen LogP) is 2.19. The zero-order valence-electron chi connectivity index (χ0n) is 13.0. The zero-order valence-corrected chi connectivity index (χ0v) is 13.0. The van der Waals surface area contributed by atoms with Crippen molar-refractivity contribution in [2.24, 2.45) is 0 Å². The van der Waals surface area contributed by atoms with Crippen LogP contribution in [0.25, 0.3) is 0 Å². The molecule has 0 atom stereocenters. The molecule has 1 aromatic heterocycles. The summed E-state index contributed by atoms with van der Waals surface area (Å²) in [6.45, 7) is 5.58. The molecule has 1 aliphatic heterocycles. The summed E-state index contributed by atoms with van der Waals surface area (Å²) in [5, 5.41) is 5.93. The Labute approximate surface area is 134 Å². The summed E-state index contributed by atoms with van der Waals surface area (Å²) in [4.78, 5) is 18.7. The normalized spacial score (nSPS) is 14.6. The number of rotatable bonds is 3. The Morgan fingerprint density at radius 3 is 2.74 bits per heavy atom. The fraction of sp³-hybridized carbons (Fsp3) is 0.294. The van der Waals surface area contributed by atoms with E-state index in [0.717, 1.165) is 37.4 Å². The number of anilines is 2. The van der Waals surface area contributed by atoms with Crippen LogP contribution in [0.1, 0.15) is 15.9 Å². The number of hydrogen-bond donors (Lipinski definition) is 2. The van der Waals surface area contributed by atoms with Crippen LogP contribution < -0.4 is 15.5 Å². The number of aromatic nitrogens is 1. The van der Waals surface area contributed by atoms with Crippen molar-refractivity contribution in [1.29, 1.82) is 0 Å². The van der Waals surface area contributed by atoms with Gasteiger partial charge in [-0.15, -0.1) is 0 Å². The van der Waals surface area contributed by atoms with Gasteiger partial charge in [-0.3, -0.25) is 4.79 Å². The number of benzene rings is 1. The number of hydrogen-bond acceptors (Lipinski definition) is 4. The molecular weight excluding hydrogens is 295 g/mol. The second kappa shape index (κ2) is 6.75. The van der Waals surface area contributed by atoms with E-state index >= 15 is 0 Å². The Hall–Kier alpha value is -2.47. The number of halogens is 1. The van der Waals surface area contributed by atoms with Crippen molar-refractivity contribution in [2.45, 2.75) is 6.92 Å². The van der Waals surface area contributed by atoms with Gasteiger partial charge in [0.2, 0.25) is 0 Å². The van der Waals surface area contributed by atoms with Gasteiger partial charge >= 0.3 is 0 Å². The van der Waals surface area contributed by atoms with E-state index < -0.39 is 11.7 Å². The number of carbonyl (C=O) groups is 1. The zero-order chi connectivity index (χ0) is 16.2. The topological polar surface area (TPSA) is 57.3 Å². The van der Waals surface area contributed by atoms with Crippen molar-refractivity contribution in [1.82, 2.24) is 10.3 Å². The highest BCUT2D eigenvalue weighted by Gasteiger charge is 2.14. The lowest BCUT2D eigenvalue weighted by Gasteiger charge is -2.29. The van der Waals surface area contributed by atoms with Crippen LogP contribution in [-0.4, -0.2) is 37.1 Å². The Morgan fingerprint density at radius 1 is 1.26 bits per heavy atom. The van der Waals surface area contributed by atoms with E-state index in [4.69, 9.17) is 0 Å². The maximum absolute atomic E-state index is 13.7. The molecule has 3 rings (SSSR count). The van der Waals surface area contributed by atoms with E-state index in [2.05, 4.69) is 20.5 Å². The minimum atomic E-state index is -0.537. The summed E-state index contributed by atoms with van der Waals surface area (Å²) in [5.74, 6) is -0.617. The Bertz CT molecular complexity index is 696. The molecule has 0 saturated carbocycles. The first-order valence-electron chi connectivity index (χ1n) is 7.63. The molecule has 0 aliphatic carbocycles. The Balaban J connectivity index is 1.70. The summed E-state index contributed by atoms with van der Waals surface area (Å²) < 4.78 is 13.7. The number of nitrogens with one attached hydrogen (secondary N) is 2. The largest absolute Gasteiger partial charge is 0.368 e. The van der Waals surface area contributed by atoms with Gasteiger partial charge in [0.1, 0.15) is 11.6 Å². The van der Waals surface area contributed by atoms with Crippen LogP contribution in [0.15, 0.2) is 36.5 Å². The van der Waals surface area contributed by atoms with E-state index in [1.807, 2.05) is 13.0 Å². The third-order valence-corrected chi connectivity index (χ3v) is 3.84. The first-order chi connectivity index (χ1) is 11.1. The van der Waals surface area contributed by atoms with Crippen LogP contribution >= 0.6 is 0 Å². The molecule has 5 nitrogen and oxygen atoms in total. The quantitative estimate of drug-likeness (QED) is 0.912. The summed E-state index contributed by atoms with van der Waals surface area (Å²) >= 11 is 0. The van der Waals surface area contributed by atoms with Crippen molar-refractivity contribution in [3.05, 3.63) is 53.5 Å². The molecule has 120 valence electrons. The third-order valence-electron chi connectivity index (χ3n) is 3.84. The number of aryl methyl sites for hydroxylation is 1. The average Bonchev–Trinajstić information content (AvgIpc) is 2.58. The number of amides is 1. The molecule has 0 radical (unpaired) electrons. The predicted molar refractivity (Wildman–Crippen MR) is 88.4 cm³/mol. The first kappa shape index (κ1) is 15.4. The van der Waals surface area contributed by atoms with Gasteiger partial charge in [-0.2, -0.15) is 0 Å². The van der Waals surface area contributed by atoms with E-state index in [1.165, 1.54) is 12.1 Å². The Kier molecular flexibility index (Phi) is 4.52. The van der Waals surface area contributed by atoms with E-state index in [-0.39, 0.29) is 5.56 Å². The minimum absolute atomic E-state index is 0.0259. The summed E-state index contributed by atoms with van der Waals surface area (Å²) in [6.07, 6.45) is 1.73. The lowest BCUT2D eigenvalue weighted by atomic mass is 10.1. The van der Waals surface area contributed by atoms with Gasteiger partial charge in [0.15, 0.2) is 0 Å². The lowest BCUT2D eigenvalue weighted by molar-refractivity contribution is 0.102. The summed E-state index contributed by atoms with van der Waals surface area (Å²) in [5.41, 5.74) is 1.88. The van der Waals surface area contributed by atoms with Crippen molar-refractivity contribution in [2.75, 3.05) is 36.4 Å². The summed E-state index contributed by atoms with van der Waals surface area (Å²) in [7, 11) is 0. The van der Waals surface area contributed by atoms with Crippen LogP contribution in [0.5, 0.6) is 0 Å². The number of pyridine rings is 1. The molecule has 1 saturated heterocycles. The van der Waals surface area contributed by atoms with E-state index in [0.29, 0.717) is 5.82 Å². The highest BCUT2D eigenvalue weighted by molar-refractivity contribution is 6.04. The first-order valence-corrected chi connectivity index (χ1v) is 7.63. The number of nitrogens with zero attached hydrogens (tertiary/aromatic N) is 2. The second-order valence-electron chi connectivity index (χ2n) is 5.58. The van der Waals surface area contributed by atoms with Crippen LogP contribution in [0, 0.1) is 12.7 Å². The van der Waals surface area contributed by atoms with Crippen LogP contribution in [0.2, 0.25) is 0 Å². The van der Waals surface area contributed by atoms with Crippen molar-refractivity contribution in [3.63, 3.8) is 0 Å². The van der Waals surface area contributed by atoms with E-state index in [9.17, 15) is 9.18 Å². The van der Waals surface area contributed by atoms with Crippen molar-refractivity contribution < 1.29 is 9.18 Å². The molecule has 1 aromatic carbocycles. The van der Waals surface area contributed by atoms with Crippen molar-refractivity contribution in [3.8, 4) is 0 Å². The SMILES string of the molecule is Cc1ccc(F)c(C(=O)Nc2ccc(N3CCNCC3)cn2)c1. The molecule has 1 amide bonds. The molecule has 6 heteroatoms. The molecule has 2 heterocycles. The van der Waals surface area contributed by atoms with Gasteiger partial charge < -0.3 is 15.5 Å². The second-order valence-corrected chi connectivity index (χ2v) is 5.58. The standard InChI is InChI=1S/C17H19FN4O/c1-12-2-4-15(18)14(10-12)17(23)21-16-5-3-13(11-20-16)22-8-6-19-7-9-22/h2-5,10-11,19H,6-9H2,1H3,(H,20,21,23). The third kappa shape index (κ3) is 3.65. The molecule has 2 aromatic rings. The molecule has 2 N–H and O–H groups in total. The van der Waals surface area contributed by atoms with Gasteiger partial charge in [-0.25, -0.2) is 9.37 Å². The average molecular weight is 314 g/mol. The maximum atomic E-state index is 13.7. The smallest absolute Gasteiger partial charge is 0.259 e. The fourth-order valence-electron chi connectivity index (χ4n) is 2.57. The van der Waals surface area contributed by atoms with Gasteiger partial charge in [-0.1, -0.05) is 11.6 Å². The molecule has 0 unspecified atom stereocenters. The van der Waals surface area contributed by atoms with Gasteiger partial charge in [0.25, 0.3) is 5.91 Å². The fourth-order valence-corrected chi connectivity index (χ4v) is 2.57. The summed E-state index contributed by atoms with van der Waals surface area (Å²) in [6, 6.07) is 8.11. The molecule has 1 aliphatic rings. The van der Waals surface area contributed by atoms with Gasteiger partial charge in [0, 0.05) is 26.2 Å². The highest BCUT2D eigenvalue weighted by atomic mass is 19.1. The molecule has 0 bridgehead atoms. The van der Waals surface area contributed by atoms with Crippen LogP contribution in [0.4, 0.5) is 15.9 Å². The van der Waals surface area contributed by atoms with Gasteiger partial charge in [0.05, 0.1) is 17.4 Å². The van der Waals surface area contributed by atoms with Crippen LogP contribution in [0.3, 0.4) is 0 Å². The number of piperazine rings is 1. The Morgan fingerprint density at radius 2 is 2.04 bits per heavy atom. The van der Waals surface area contributed by atoms with Crippen LogP contribution in [-0.2, 0) is 0 Å². The molecule has 0 spiro atoms. The monoisotopic (exact) mass is 314 g/mol. The van der Waals surface area contributed by atoms with Gasteiger partial charge in [-0.05, 0) is 31.2 Å².